The molecule has 100 valence electrons. The van der Waals surface area contributed by atoms with Crippen LogP contribution in [-0.4, -0.2) is 26.8 Å². The largest absolute Gasteiger partial charge is 0.394 e. The predicted octanol–water partition coefficient (Wildman–Crippen LogP) is 1.54. The van der Waals surface area contributed by atoms with Gasteiger partial charge in [-0.05, 0) is 26.7 Å². The van der Waals surface area contributed by atoms with Crippen LogP contribution in [0.5, 0.6) is 0 Å². The molecule has 5 nitrogen and oxygen atoms in total. The van der Waals surface area contributed by atoms with E-state index in [0.717, 1.165) is 25.7 Å². The van der Waals surface area contributed by atoms with E-state index in [1.165, 1.54) is 0 Å². The minimum Gasteiger partial charge on any atom is -0.394 e. The van der Waals surface area contributed by atoms with E-state index >= 15 is 0 Å². The Labute approximate surface area is 107 Å². The number of nitrogens with zero attached hydrogens (tertiary/aromatic N) is 2. The van der Waals surface area contributed by atoms with E-state index in [2.05, 4.69) is 10.3 Å². The zero-order valence-electron chi connectivity index (χ0n) is 11.0. The second-order valence-electron chi connectivity index (χ2n) is 5.35. The van der Waals surface area contributed by atoms with Crippen LogP contribution >= 0.6 is 0 Å². The lowest BCUT2D eigenvalue weighted by atomic mass is 9.99. The first-order valence-corrected chi connectivity index (χ1v) is 6.54. The fourth-order valence-electron chi connectivity index (χ4n) is 2.54. The molecule has 18 heavy (non-hydrogen) atoms. The maximum absolute atomic E-state index is 12.2. The molecule has 2 N–H and O–H groups in total. The third-order valence-electron chi connectivity index (χ3n) is 3.67. The molecule has 1 fully saturated rings. The van der Waals surface area contributed by atoms with E-state index < -0.39 is 0 Å². The van der Waals surface area contributed by atoms with E-state index in [9.17, 15) is 9.90 Å². The summed E-state index contributed by atoms with van der Waals surface area (Å²) in [5.41, 5.74) is -0.477. The van der Waals surface area contributed by atoms with Crippen molar-refractivity contribution < 1.29 is 5.11 Å². The average molecular weight is 251 g/mol. The number of hydrogen-bond acceptors (Lipinski definition) is 4. The van der Waals surface area contributed by atoms with Gasteiger partial charge in [-0.3, -0.25) is 4.79 Å². The van der Waals surface area contributed by atoms with Gasteiger partial charge in [0, 0.05) is 18.4 Å². The highest BCUT2D eigenvalue weighted by Gasteiger charge is 2.34. The van der Waals surface area contributed by atoms with Crippen LogP contribution in [0.15, 0.2) is 17.2 Å². The Balaban J connectivity index is 2.29. The maximum Gasteiger partial charge on any atom is 0.293 e. The molecule has 0 atom stereocenters. The van der Waals surface area contributed by atoms with Gasteiger partial charge in [0.05, 0.1) is 12.1 Å². The lowest BCUT2D eigenvalue weighted by Gasteiger charge is -2.28. The molecule has 5 heteroatoms. The molecular weight excluding hydrogens is 230 g/mol. The van der Waals surface area contributed by atoms with Gasteiger partial charge in [-0.1, -0.05) is 12.8 Å². The highest BCUT2D eigenvalue weighted by Crippen LogP contribution is 2.31. The summed E-state index contributed by atoms with van der Waals surface area (Å²) in [5.74, 6) is 0.349. The summed E-state index contributed by atoms with van der Waals surface area (Å²) in [5, 5.41) is 12.7. The van der Waals surface area contributed by atoms with Crippen molar-refractivity contribution in [3.63, 3.8) is 0 Å². The van der Waals surface area contributed by atoms with Gasteiger partial charge in [-0.2, -0.15) is 0 Å². The van der Waals surface area contributed by atoms with Gasteiger partial charge in [0.1, 0.15) is 0 Å². The second kappa shape index (κ2) is 5.10. The first kappa shape index (κ1) is 13.1. The molecule has 0 saturated heterocycles. The number of rotatable bonds is 4. The Morgan fingerprint density at radius 2 is 2.17 bits per heavy atom. The Morgan fingerprint density at radius 3 is 2.72 bits per heavy atom. The number of aliphatic hydroxyl groups excluding tert-OH is 1. The zero-order chi connectivity index (χ0) is 13.2. The van der Waals surface area contributed by atoms with Gasteiger partial charge in [0.2, 0.25) is 0 Å². The van der Waals surface area contributed by atoms with Gasteiger partial charge in [-0.15, -0.1) is 0 Å². The lowest BCUT2D eigenvalue weighted by molar-refractivity contribution is 0.213. The molecule has 0 spiro atoms. The maximum atomic E-state index is 12.2. The van der Waals surface area contributed by atoms with Crippen molar-refractivity contribution >= 4 is 5.82 Å². The third-order valence-corrected chi connectivity index (χ3v) is 3.67. The fourth-order valence-corrected chi connectivity index (χ4v) is 2.54. The average Bonchev–Trinajstić information content (AvgIpc) is 2.81. The van der Waals surface area contributed by atoms with Crippen LogP contribution in [0, 0.1) is 0 Å². The number of nitrogens with one attached hydrogen (secondary N) is 1. The van der Waals surface area contributed by atoms with Crippen molar-refractivity contribution in [2.75, 3.05) is 11.9 Å². The van der Waals surface area contributed by atoms with Gasteiger partial charge in [0.25, 0.3) is 5.56 Å². The summed E-state index contributed by atoms with van der Waals surface area (Å²) >= 11 is 0. The van der Waals surface area contributed by atoms with Crippen molar-refractivity contribution in [1.82, 2.24) is 9.55 Å². The van der Waals surface area contributed by atoms with E-state index in [4.69, 9.17) is 0 Å². The van der Waals surface area contributed by atoms with E-state index in [-0.39, 0.29) is 23.7 Å². The van der Waals surface area contributed by atoms with Crippen LogP contribution in [0.2, 0.25) is 0 Å². The highest BCUT2D eigenvalue weighted by molar-refractivity contribution is 5.36. The fraction of sp³-hybridized carbons (Fsp3) is 0.692. The van der Waals surface area contributed by atoms with E-state index in [1.807, 2.05) is 13.8 Å². The molecular formula is C13H21N3O2. The van der Waals surface area contributed by atoms with Crippen molar-refractivity contribution in [3.8, 4) is 0 Å². The van der Waals surface area contributed by atoms with E-state index in [0.29, 0.717) is 5.82 Å². The Hall–Kier alpha value is -1.36. The van der Waals surface area contributed by atoms with Crippen LogP contribution in [-0.2, 0) is 0 Å². The number of anilines is 1. The molecule has 1 aliphatic rings. The molecule has 1 aliphatic carbocycles. The topological polar surface area (TPSA) is 67.2 Å². The molecule has 0 aromatic carbocycles. The molecule has 1 heterocycles. The summed E-state index contributed by atoms with van der Waals surface area (Å²) in [6.07, 6.45) is 7.27. The first-order chi connectivity index (χ1) is 8.58. The second-order valence-corrected chi connectivity index (χ2v) is 5.35. The molecule has 0 radical (unpaired) electrons. The molecule has 0 aliphatic heterocycles. The smallest absolute Gasteiger partial charge is 0.293 e. The van der Waals surface area contributed by atoms with Crippen molar-refractivity contribution in [2.45, 2.75) is 51.1 Å². The molecule has 0 amide bonds. The van der Waals surface area contributed by atoms with Crippen molar-refractivity contribution in [2.24, 2.45) is 0 Å². The van der Waals surface area contributed by atoms with Crippen LogP contribution < -0.4 is 10.9 Å². The van der Waals surface area contributed by atoms with Crippen LogP contribution in [0.3, 0.4) is 0 Å². The standard InChI is InChI=1S/C13H21N3O2/c1-10(2)16-8-7-14-11(12(16)18)15-13(9-17)5-3-4-6-13/h7-8,10,17H,3-6,9H2,1-2H3,(H,14,15). The summed E-state index contributed by atoms with van der Waals surface area (Å²) in [6.45, 7) is 3.97. The van der Waals surface area contributed by atoms with Crippen LogP contribution in [0.4, 0.5) is 5.82 Å². The predicted molar refractivity (Wildman–Crippen MR) is 70.8 cm³/mol. The molecule has 0 bridgehead atoms. The molecule has 0 unspecified atom stereocenters. The minimum atomic E-state index is -0.359. The SMILES string of the molecule is CC(C)n1ccnc(NC2(CO)CCCC2)c1=O. The molecule has 1 aromatic rings. The molecule has 1 aromatic heterocycles. The van der Waals surface area contributed by atoms with Crippen LogP contribution in [0.1, 0.15) is 45.6 Å². The zero-order valence-corrected chi connectivity index (χ0v) is 11.0. The Morgan fingerprint density at radius 1 is 1.50 bits per heavy atom. The number of aromatic nitrogens is 2. The molecule has 1 saturated carbocycles. The van der Waals surface area contributed by atoms with Crippen molar-refractivity contribution in [1.29, 1.82) is 0 Å². The Bertz CT molecular complexity index is 462. The van der Waals surface area contributed by atoms with Gasteiger partial charge >= 0.3 is 0 Å². The summed E-state index contributed by atoms with van der Waals surface area (Å²) in [4.78, 5) is 16.3. The number of hydrogen-bond donors (Lipinski definition) is 2. The quantitative estimate of drug-likeness (QED) is 0.852. The van der Waals surface area contributed by atoms with Gasteiger partial charge < -0.3 is 15.0 Å². The first-order valence-electron chi connectivity index (χ1n) is 6.54. The number of aliphatic hydroxyl groups is 1. The Kier molecular flexibility index (Phi) is 3.71. The van der Waals surface area contributed by atoms with Gasteiger partial charge in [0.15, 0.2) is 5.82 Å². The third kappa shape index (κ3) is 2.41. The normalized spacial score (nSPS) is 18.2. The van der Waals surface area contributed by atoms with Crippen molar-refractivity contribution in [3.05, 3.63) is 22.7 Å². The summed E-state index contributed by atoms with van der Waals surface area (Å²) in [6, 6.07) is 0.106. The van der Waals surface area contributed by atoms with E-state index in [1.54, 1.807) is 17.0 Å². The van der Waals surface area contributed by atoms with Gasteiger partial charge in [-0.25, -0.2) is 4.98 Å². The summed E-state index contributed by atoms with van der Waals surface area (Å²) in [7, 11) is 0. The monoisotopic (exact) mass is 251 g/mol. The highest BCUT2D eigenvalue weighted by atomic mass is 16.3. The van der Waals surface area contributed by atoms with Crippen LogP contribution in [0.25, 0.3) is 0 Å². The summed E-state index contributed by atoms with van der Waals surface area (Å²) < 4.78 is 1.65. The molecule has 2 rings (SSSR count). The lowest BCUT2D eigenvalue weighted by Crippen LogP contribution is -2.42. The minimum absolute atomic E-state index is 0.0463.